The van der Waals surface area contributed by atoms with Crippen LogP contribution in [0.1, 0.15) is 31.9 Å². The fourth-order valence-electron chi connectivity index (χ4n) is 3.01. The number of rotatable bonds is 5. The van der Waals surface area contributed by atoms with Crippen molar-refractivity contribution in [1.82, 2.24) is 10.3 Å². The first-order valence-corrected chi connectivity index (χ1v) is 8.02. The summed E-state index contributed by atoms with van der Waals surface area (Å²) >= 11 is 12.2. The number of halogens is 2. The van der Waals surface area contributed by atoms with E-state index in [1.807, 2.05) is 18.2 Å². The van der Waals surface area contributed by atoms with Crippen molar-refractivity contribution in [3.8, 4) is 0 Å². The van der Waals surface area contributed by atoms with Crippen LogP contribution in [-0.2, 0) is 4.74 Å². The lowest BCUT2D eigenvalue weighted by atomic mass is 9.83. The number of nitrogens with zero attached hydrogens (tertiary/aromatic N) is 1. The largest absolute Gasteiger partial charge is 0.379 e. The first-order chi connectivity index (χ1) is 10.0. The van der Waals surface area contributed by atoms with Gasteiger partial charge in [0.05, 0.1) is 29.3 Å². The Morgan fingerprint density at radius 1 is 1.33 bits per heavy atom. The van der Waals surface area contributed by atoms with E-state index in [4.69, 9.17) is 33.8 Å². The molecular formula is C15H23Cl2N3O. The summed E-state index contributed by atoms with van der Waals surface area (Å²) in [4.78, 5) is 2.43. The Morgan fingerprint density at radius 2 is 2.00 bits per heavy atom. The zero-order valence-electron chi connectivity index (χ0n) is 12.5. The van der Waals surface area contributed by atoms with Crippen molar-refractivity contribution in [3.05, 3.63) is 33.8 Å². The normalized spacial score (nSPS) is 21.0. The standard InChI is InChI=1S/C15H23Cl2N3O/c1-3-15(2,20-6-8-21-9-7-20)14(19-18)11-4-5-12(16)13(17)10-11/h4-5,10,14,19H,3,6-9,18H2,1-2H3. The van der Waals surface area contributed by atoms with Gasteiger partial charge < -0.3 is 4.74 Å². The van der Waals surface area contributed by atoms with Crippen LogP contribution in [-0.4, -0.2) is 36.7 Å². The number of hydrogen-bond acceptors (Lipinski definition) is 4. The molecule has 0 radical (unpaired) electrons. The van der Waals surface area contributed by atoms with E-state index in [1.165, 1.54) is 0 Å². The third kappa shape index (κ3) is 3.52. The van der Waals surface area contributed by atoms with Gasteiger partial charge in [0.25, 0.3) is 0 Å². The van der Waals surface area contributed by atoms with Crippen molar-refractivity contribution in [3.63, 3.8) is 0 Å². The van der Waals surface area contributed by atoms with Gasteiger partial charge in [-0.05, 0) is 31.0 Å². The maximum atomic E-state index is 6.16. The summed E-state index contributed by atoms with van der Waals surface area (Å²) < 4.78 is 5.46. The Bertz CT molecular complexity index is 480. The first kappa shape index (κ1) is 17.0. The van der Waals surface area contributed by atoms with Crippen LogP contribution < -0.4 is 11.3 Å². The lowest BCUT2D eigenvalue weighted by Gasteiger charge is -2.47. The molecule has 1 saturated heterocycles. The molecule has 1 fully saturated rings. The molecule has 1 heterocycles. The van der Waals surface area contributed by atoms with Crippen LogP contribution in [0, 0.1) is 0 Å². The molecule has 1 aromatic rings. The average Bonchev–Trinajstić information content (AvgIpc) is 2.52. The Morgan fingerprint density at radius 3 is 2.52 bits per heavy atom. The van der Waals surface area contributed by atoms with Crippen LogP contribution in [0.25, 0.3) is 0 Å². The summed E-state index contributed by atoms with van der Waals surface area (Å²) in [5, 5.41) is 1.11. The second-order valence-electron chi connectivity index (χ2n) is 5.58. The number of hydrogen-bond donors (Lipinski definition) is 2. The van der Waals surface area contributed by atoms with Crippen LogP contribution in [0.5, 0.6) is 0 Å². The average molecular weight is 332 g/mol. The molecule has 0 bridgehead atoms. The van der Waals surface area contributed by atoms with Gasteiger partial charge in [0, 0.05) is 18.6 Å². The number of nitrogens with one attached hydrogen (secondary N) is 1. The molecule has 6 heteroatoms. The lowest BCUT2D eigenvalue weighted by Crippen LogP contribution is -2.58. The molecule has 0 saturated carbocycles. The van der Waals surface area contributed by atoms with Crippen molar-refractivity contribution in [2.45, 2.75) is 31.8 Å². The molecular weight excluding hydrogens is 309 g/mol. The molecule has 0 spiro atoms. The second kappa shape index (κ2) is 7.27. The van der Waals surface area contributed by atoms with E-state index in [9.17, 15) is 0 Å². The number of hydrazine groups is 1. The van der Waals surface area contributed by atoms with Crippen molar-refractivity contribution >= 4 is 23.2 Å². The first-order valence-electron chi connectivity index (χ1n) is 7.26. The molecule has 0 aliphatic carbocycles. The van der Waals surface area contributed by atoms with E-state index < -0.39 is 0 Å². The zero-order valence-corrected chi connectivity index (χ0v) is 14.0. The summed E-state index contributed by atoms with van der Waals surface area (Å²) in [6.45, 7) is 7.74. The number of ether oxygens (including phenoxy) is 1. The van der Waals surface area contributed by atoms with Crippen LogP contribution >= 0.6 is 23.2 Å². The van der Waals surface area contributed by atoms with Gasteiger partial charge in [-0.3, -0.25) is 16.2 Å². The molecule has 0 amide bonds. The molecule has 2 atom stereocenters. The van der Waals surface area contributed by atoms with E-state index in [0.29, 0.717) is 10.0 Å². The van der Waals surface area contributed by atoms with E-state index in [-0.39, 0.29) is 11.6 Å². The topological polar surface area (TPSA) is 50.5 Å². The van der Waals surface area contributed by atoms with Gasteiger partial charge in [0.15, 0.2) is 0 Å². The van der Waals surface area contributed by atoms with Gasteiger partial charge in [-0.15, -0.1) is 0 Å². The maximum Gasteiger partial charge on any atom is 0.0641 e. The smallest absolute Gasteiger partial charge is 0.0641 e. The highest BCUT2D eigenvalue weighted by Crippen LogP contribution is 2.36. The minimum atomic E-state index is -0.115. The summed E-state index contributed by atoms with van der Waals surface area (Å²) in [5.74, 6) is 5.88. The molecule has 2 rings (SSSR count). The summed E-state index contributed by atoms with van der Waals surface area (Å²) in [5.41, 5.74) is 3.90. The molecule has 4 nitrogen and oxygen atoms in total. The maximum absolute atomic E-state index is 6.16. The molecule has 1 aliphatic heterocycles. The third-order valence-electron chi connectivity index (χ3n) is 4.51. The van der Waals surface area contributed by atoms with Gasteiger partial charge in [-0.1, -0.05) is 36.2 Å². The van der Waals surface area contributed by atoms with Crippen molar-refractivity contribution < 1.29 is 4.74 Å². The molecule has 0 aromatic heterocycles. The fourth-order valence-corrected chi connectivity index (χ4v) is 3.32. The van der Waals surface area contributed by atoms with Gasteiger partial charge in [0.1, 0.15) is 0 Å². The van der Waals surface area contributed by atoms with Gasteiger partial charge >= 0.3 is 0 Å². The van der Waals surface area contributed by atoms with E-state index in [0.717, 1.165) is 38.3 Å². The Balaban J connectivity index is 2.33. The Kier molecular flexibility index (Phi) is 5.88. The molecule has 1 aromatic carbocycles. The summed E-state index contributed by atoms with van der Waals surface area (Å²) in [6, 6.07) is 5.66. The third-order valence-corrected chi connectivity index (χ3v) is 5.25. The van der Waals surface area contributed by atoms with Gasteiger partial charge in [-0.2, -0.15) is 0 Å². The monoisotopic (exact) mass is 331 g/mol. The predicted molar refractivity (Wildman–Crippen MR) is 87.6 cm³/mol. The summed E-state index contributed by atoms with van der Waals surface area (Å²) in [6.07, 6.45) is 0.960. The second-order valence-corrected chi connectivity index (χ2v) is 6.40. The highest BCUT2D eigenvalue weighted by molar-refractivity contribution is 6.42. The van der Waals surface area contributed by atoms with Gasteiger partial charge in [0.2, 0.25) is 0 Å². The molecule has 1 aliphatic rings. The number of nitrogens with two attached hydrogens (primary N) is 1. The lowest BCUT2D eigenvalue weighted by molar-refractivity contribution is -0.0329. The molecule has 3 N–H and O–H groups in total. The Labute approximate surface area is 136 Å². The zero-order chi connectivity index (χ0) is 15.5. The van der Waals surface area contributed by atoms with E-state index in [1.54, 1.807) is 0 Å². The van der Waals surface area contributed by atoms with Crippen LogP contribution in [0.3, 0.4) is 0 Å². The number of benzene rings is 1. The predicted octanol–water partition coefficient (Wildman–Crippen LogP) is 3.00. The van der Waals surface area contributed by atoms with Crippen molar-refractivity contribution in [1.29, 1.82) is 0 Å². The highest BCUT2D eigenvalue weighted by atomic mass is 35.5. The van der Waals surface area contributed by atoms with E-state index >= 15 is 0 Å². The fraction of sp³-hybridized carbons (Fsp3) is 0.600. The number of morpholine rings is 1. The minimum absolute atomic E-state index is 0.0321. The Hall–Kier alpha value is -0.360. The van der Waals surface area contributed by atoms with Crippen LogP contribution in [0.15, 0.2) is 18.2 Å². The molecule has 118 valence electrons. The highest BCUT2D eigenvalue weighted by Gasteiger charge is 2.39. The summed E-state index contributed by atoms with van der Waals surface area (Å²) in [7, 11) is 0. The van der Waals surface area contributed by atoms with Gasteiger partial charge in [-0.25, -0.2) is 0 Å². The quantitative estimate of drug-likeness (QED) is 0.643. The van der Waals surface area contributed by atoms with E-state index in [2.05, 4.69) is 24.2 Å². The van der Waals surface area contributed by atoms with Crippen molar-refractivity contribution in [2.75, 3.05) is 26.3 Å². The molecule has 21 heavy (non-hydrogen) atoms. The van der Waals surface area contributed by atoms with Crippen molar-refractivity contribution in [2.24, 2.45) is 5.84 Å². The van der Waals surface area contributed by atoms with Crippen LogP contribution in [0.2, 0.25) is 10.0 Å². The molecule has 2 unspecified atom stereocenters. The SMILES string of the molecule is CCC(C)(C(NN)c1ccc(Cl)c(Cl)c1)N1CCOCC1. The van der Waals surface area contributed by atoms with Crippen LogP contribution in [0.4, 0.5) is 0 Å². The minimum Gasteiger partial charge on any atom is -0.379 e.